The lowest BCUT2D eigenvalue weighted by atomic mass is 9.94. The number of aromatic hydroxyl groups is 1. The van der Waals surface area contributed by atoms with Crippen LogP contribution in [0.4, 0.5) is 0 Å². The monoisotopic (exact) mass is 450 g/mol. The van der Waals surface area contributed by atoms with Gasteiger partial charge in [-0.2, -0.15) is 0 Å². The number of nitrogens with zero attached hydrogens (tertiary/aromatic N) is 2. The fourth-order valence-electron chi connectivity index (χ4n) is 4.67. The Labute approximate surface area is 193 Å². The van der Waals surface area contributed by atoms with Gasteiger partial charge in [-0.1, -0.05) is 26.0 Å². The van der Waals surface area contributed by atoms with E-state index >= 15 is 0 Å². The van der Waals surface area contributed by atoms with E-state index in [1.165, 1.54) is 17.0 Å². The number of ether oxygens (including phenoxy) is 1. The molecule has 0 aliphatic carbocycles. The highest BCUT2D eigenvalue weighted by Gasteiger charge is 2.46. The topological polar surface area (TPSA) is 90.3 Å². The third-order valence-electron chi connectivity index (χ3n) is 6.45. The number of aliphatic hydroxyl groups is 1. The first-order valence-electron chi connectivity index (χ1n) is 11.4. The quantitative estimate of drug-likeness (QED) is 0.381. The average Bonchev–Trinajstić information content (AvgIpc) is 3.30. The number of hydrogen-bond donors (Lipinski definition) is 2. The summed E-state index contributed by atoms with van der Waals surface area (Å²) in [4.78, 5) is 29.9. The summed E-state index contributed by atoms with van der Waals surface area (Å²) >= 11 is 0. The molecule has 1 amide bonds. The van der Waals surface area contributed by atoms with Gasteiger partial charge in [-0.05, 0) is 61.5 Å². The summed E-state index contributed by atoms with van der Waals surface area (Å²) in [5.41, 5.74) is 2.04. The molecule has 2 atom stereocenters. The Morgan fingerprint density at radius 1 is 1.15 bits per heavy atom. The normalized spacial score (nSPS) is 21.5. The maximum Gasteiger partial charge on any atom is 0.295 e. The van der Waals surface area contributed by atoms with Gasteiger partial charge in [0, 0.05) is 25.1 Å². The molecule has 4 rings (SSSR count). The third kappa shape index (κ3) is 4.33. The summed E-state index contributed by atoms with van der Waals surface area (Å²) in [6, 6.07) is 11.0. The summed E-state index contributed by atoms with van der Waals surface area (Å²) in [6.07, 6.45) is 0.764. The number of benzene rings is 2. The average molecular weight is 451 g/mol. The van der Waals surface area contributed by atoms with Gasteiger partial charge >= 0.3 is 0 Å². The number of amides is 1. The lowest BCUT2D eigenvalue weighted by molar-refractivity contribution is -0.140. The number of carbonyl (C=O) groups excluding carboxylic acids is 2. The molecule has 0 unspecified atom stereocenters. The predicted molar refractivity (Wildman–Crippen MR) is 125 cm³/mol. The Balaban J connectivity index is 1.79. The molecule has 2 N–H and O–H groups in total. The molecule has 0 radical (unpaired) electrons. The molecule has 2 aliphatic heterocycles. The van der Waals surface area contributed by atoms with Gasteiger partial charge in [0.15, 0.2) is 0 Å². The molecule has 0 saturated carbocycles. The second-order valence-corrected chi connectivity index (χ2v) is 8.57. The second-order valence-electron chi connectivity index (χ2n) is 8.57. The first-order chi connectivity index (χ1) is 15.8. The van der Waals surface area contributed by atoms with Crippen molar-refractivity contribution in [3.63, 3.8) is 0 Å². The minimum atomic E-state index is -0.781. The van der Waals surface area contributed by atoms with E-state index in [4.69, 9.17) is 4.74 Å². The molecule has 2 aliphatic rings. The number of fused-ring (bicyclic) bond motifs is 1. The zero-order valence-corrected chi connectivity index (χ0v) is 19.2. The van der Waals surface area contributed by atoms with E-state index in [1.54, 1.807) is 24.3 Å². The number of hydrogen-bond acceptors (Lipinski definition) is 6. The van der Waals surface area contributed by atoms with Crippen LogP contribution in [0.25, 0.3) is 5.76 Å². The number of ketones is 1. The summed E-state index contributed by atoms with van der Waals surface area (Å²) in [5.74, 6) is -0.774. The van der Waals surface area contributed by atoms with Crippen LogP contribution >= 0.6 is 0 Å². The van der Waals surface area contributed by atoms with E-state index < -0.39 is 17.7 Å². The SMILES string of the molecule is CCN(CC)CCN1C(=O)C(=O)/C(=C(/O)c2ccc3c(c2)C[C@H](C)O3)[C@@H]1c1cccc(O)c1. The number of rotatable bonds is 7. The second kappa shape index (κ2) is 9.27. The smallest absolute Gasteiger partial charge is 0.295 e. The minimum absolute atomic E-state index is 0.0329. The van der Waals surface area contributed by atoms with E-state index in [2.05, 4.69) is 4.90 Å². The van der Waals surface area contributed by atoms with Gasteiger partial charge in [0.2, 0.25) is 0 Å². The van der Waals surface area contributed by atoms with Crippen LogP contribution in [0, 0.1) is 0 Å². The Hall–Kier alpha value is -3.32. The highest BCUT2D eigenvalue weighted by Crippen LogP contribution is 2.41. The van der Waals surface area contributed by atoms with Gasteiger partial charge in [-0.3, -0.25) is 9.59 Å². The molecule has 1 fully saturated rings. The molecular weight excluding hydrogens is 420 g/mol. The minimum Gasteiger partial charge on any atom is -0.508 e. The van der Waals surface area contributed by atoms with Crippen LogP contribution in [0.15, 0.2) is 48.0 Å². The molecule has 0 aromatic heterocycles. The molecule has 2 heterocycles. The van der Waals surface area contributed by atoms with Gasteiger partial charge in [-0.25, -0.2) is 0 Å². The molecule has 0 bridgehead atoms. The number of Topliss-reactive ketones (excluding diaryl/α,β-unsaturated/α-hetero) is 1. The lowest BCUT2D eigenvalue weighted by Gasteiger charge is -2.28. The predicted octanol–water partition coefficient (Wildman–Crippen LogP) is 3.48. The number of phenolic OH excluding ortho intramolecular Hbond substituents is 1. The first kappa shape index (κ1) is 22.9. The van der Waals surface area contributed by atoms with Crippen LogP contribution in [0.2, 0.25) is 0 Å². The summed E-state index contributed by atoms with van der Waals surface area (Å²) in [7, 11) is 0. The maximum absolute atomic E-state index is 13.2. The first-order valence-corrected chi connectivity index (χ1v) is 11.4. The highest BCUT2D eigenvalue weighted by molar-refractivity contribution is 6.46. The number of likely N-dealkylation sites (tertiary alicyclic amines) is 1. The Kier molecular flexibility index (Phi) is 6.42. The molecule has 0 spiro atoms. The molecule has 33 heavy (non-hydrogen) atoms. The van der Waals surface area contributed by atoms with Crippen molar-refractivity contribution in [3.8, 4) is 11.5 Å². The standard InChI is InChI=1S/C26H30N2O5/c1-4-27(5-2)11-12-28-23(17-7-6-8-20(29)15-17)22(25(31)26(28)32)24(30)18-9-10-21-19(14-18)13-16(3)33-21/h6-10,14-16,23,29-30H,4-5,11-13H2,1-3H3/b24-22+/t16-,23-/m0/s1. The van der Waals surface area contributed by atoms with Gasteiger partial charge in [-0.15, -0.1) is 0 Å². The van der Waals surface area contributed by atoms with Crippen molar-refractivity contribution in [2.45, 2.75) is 39.3 Å². The lowest BCUT2D eigenvalue weighted by Crippen LogP contribution is -2.38. The van der Waals surface area contributed by atoms with Crippen molar-refractivity contribution >= 4 is 17.4 Å². The van der Waals surface area contributed by atoms with E-state index in [9.17, 15) is 19.8 Å². The van der Waals surface area contributed by atoms with Crippen molar-refractivity contribution in [1.82, 2.24) is 9.80 Å². The van der Waals surface area contributed by atoms with Crippen LogP contribution < -0.4 is 4.74 Å². The van der Waals surface area contributed by atoms with Crippen LogP contribution in [0.1, 0.15) is 43.5 Å². The van der Waals surface area contributed by atoms with Crippen molar-refractivity contribution in [2.75, 3.05) is 26.2 Å². The number of likely N-dealkylation sites (N-methyl/N-ethyl adjacent to an activating group) is 1. The van der Waals surface area contributed by atoms with Crippen LogP contribution in [-0.4, -0.2) is 64.0 Å². The van der Waals surface area contributed by atoms with Crippen LogP contribution in [-0.2, 0) is 16.0 Å². The van der Waals surface area contributed by atoms with E-state index in [0.29, 0.717) is 30.6 Å². The van der Waals surface area contributed by atoms with E-state index in [0.717, 1.165) is 24.4 Å². The van der Waals surface area contributed by atoms with E-state index in [-0.39, 0.29) is 23.2 Å². The van der Waals surface area contributed by atoms with Crippen molar-refractivity contribution in [3.05, 3.63) is 64.7 Å². The summed E-state index contributed by atoms with van der Waals surface area (Å²) < 4.78 is 5.74. The zero-order chi connectivity index (χ0) is 23.7. The van der Waals surface area contributed by atoms with Gasteiger partial charge in [0.05, 0.1) is 11.6 Å². The molecule has 7 nitrogen and oxygen atoms in total. The maximum atomic E-state index is 13.2. The Bertz CT molecular complexity index is 1110. The molecular formula is C26H30N2O5. The van der Waals surface area contributed by atoms with Crippen molar-refractivity contribution in [1.29, 1.82) is 0 Å². The van der Waals surface area contributed by atoms with Crippen molar-refractivity contribution in [2.24, 2.45) is 0 Å². The summed E-state index contributed by atoms with van der Waals surface area (Å²) in [6.45, 7) is 8.65. The third-order valence-corrected chi connectivity index (χ3v) is 6.45. The number of aliphatic hydroxyl groups excluding tert-OH is 1. The zero-order valence-electron chi connectivity index (χ0n) is 19.2. The number of carbonyl (C=O) groups is 2. The fraction of sp³-hybridized carbons (Fsp3) is 0.385. The molecule has 2 aromatic carbocycles. The Morgan fingerprint density at radius 3 is 2.61 bits per heavy atom. The van der Waals surface area contributed by atoms with Crippen molar-refractivity contribution < 1.29 is 24.5 Å². The molecule has 7 heteroatoms. The number of phenols is 1. The molecule has 1 saturated heterocycles. The fourth-order valence-corrected chi connectivity index (χ4v) is 4.67. The summed E-state index contributed by atoms with van der Waals surface area (Å²) in [5, 5.41) is 21.3. The largest absolute Gasteiger partial charge is 0.508 e. The highest BCUT2D eigenvalue weighted by atomic mass is 16.5. The molecule has 2 aromatic rings. The van der Waals surface area contributed by atoms with Gasteiger partial charge in [0.25, 0.3) is 11.7 Å². The van der Waals surface area contributed by atoms with Crippen LogP contribution in [0.3, 0.4) is 0 Å². The van der Waals surface area contributed by atoms with E-state index in [1.807, 2.05) is 26.8 Å². The van der Waals surface area contributed by atoms with Crippen LogP contribution in [0.5, 0.6) is 11.5 Å². The Morgan fingerprint density at radius 2 is 1.91 bits per heavy atom. The van der Waals surface area contributed by atoms with Gasteiger partial charge in [0.1, 0.15) is 23.4 Å². The van der Waals surface area contributed by atoms with Gasteiger partial charge < -0.3 is 24.7 Å². The molecule has 174 valence electrons.